The summed E-state index contributed by atoms with van der Waals surface area (Å²) in [5, 5.41) is 2.17. The van der Waals surface area contributed by atoms with Gasteiger partial charge in [-0.25, -0.2) is 0 Å². The van der Waals surface area contributed by atoms with E-state index >= 15 is 0 Å². The highest BCUT2D eigenvalue weighted by Crippen LogP contribution is 2.30. The van der Waals surface area contributed by atoms with Crippen LogP contribution in [-0.2, 0) is 18.0 Å². The van der Waals surface area contributed by atoms with E-state index in [-0.39, 0.29) is 11.4 Å². The third-order valence-electron chi connectivity index (χ3n) is 2.83. The summed E-state index contributed by atoms with van der Waals surface area (Å²) in [6, 6.07) is 7.14. The summed E-state index contributed by atoms with van der Waals surface area (Å²) in [5.74, 6) is -1.81. The van der Waals surface area contributed by atoms with Crippen molar-refractivity contribution in [2.45, 2.75) is 6.18 Å². The SMILES string of the molecule is Cn1cccc1C(=O)C(=O)Nc1cccc(C(F)(F)F)c1. The molecule has 0 saturated carbocycles. The molecule has 0 aliphatic carbocycles. The molecule has 0 bridgehead atoms. The smallest absolute Gasteiger partial charge is 0.348 e. The van der Waals surface area contributed by atoms with Gasteiger partial charge in [-0.3, -0.25) is 9.59 Å². The highest BCUT2D eigenvalue weighted by atomic mass is 19.4. The van der Waals surface area contributed by atoms with Crippen molar-refractivity contribution in [3.63, 3.8) is 0 Å². The first-order valence-corrected chi connectivity index (χ1v) is 5.93. The molecule has 0 unspecified atom stereocenters. The zero-order valence-electron chi connectivity index (χ0n) is 10.9. The molecule has 21 heavy (non-hydrogen) atoms. The van der Waals surface area contributed by atoms with E-state index in [1.807, 2.05) is 0 Å². The molecule has 1 N–H and O–H groups in total. The van der Waals surface area contributed by atoms with Crippen molar-refractivity contribution >= 4 is 17.4 Å². The number of Topliss-reactive ketones (excluding diaryl/α,β-unsaturated/α-hetero) is 1. The van der Waals surface area contributed by atoms with E-state index in [1.165, 1.54) is 16.7 Å². The maximum atomic E-state index is 12.6. The Kier molecular flexibility index (Phi) is 3.84. The molecule has 2 rings (SSSR count). The number of aryl methyl sites for hydroxylation is 1. The molecule has 0 fully saturated rings. The van der Waals surface area contributed by atoms with Gasteiger partial charge in [-0.2, -0.15) is 13.2 Å². The number of nitrogens with one attached hydrogen (secondary N) is 1. The number of anilines is 1. The van der Waals surface area contributed by atoms with E-state index in [4.69, 9.17) is 0 Å². The average Bonchev–Trinajstić information content (AvgIpc) is 2.83. The summed E-state index contributed by atoms with van der Waals surface area (Å²) in [5.41, 5.74) is -0.830. The van der Waals surface area contributed by atoms with Crippen LogP contribution in [0.1, 0.15) is 16.1 Å². The summed E-state index contributed by atoms with van der Waals surface area (Å²) in [6.45, 7) is 0. The van der Waals surface area contributed by atoms with Crippen LogP contribution in [0.2, 0.25) is 0 Å². The van der Waals surface area contributed by atoms with Gasteiger partial charge in [-0.15, -0.1) is 0 Å². The number of alkyl halides is 3. The molecule has 110 valence electrons. The molecule has 1 aromatic carbocycles. The fourth-order valence-electron chi connectivity index (χ4n) is 1.77. The van der Waals surface area contributed by atoms with Gasteiger partial charge in [0.1, 0.15) is 0 Å². The second-order valence-corrected chi connectivity index (χ2v) is 4.37. The number of amides is 1. The summed E-state index contributed by atoms with van der Waals surface area (Å²) >= 11 is 0. The Balaban J connectivity index is 2.17. The number of aromatic nitrogens is 1. The van der Waals surface area contributed by atoms with Crippen molar-refractivity contribution < 1.29 is 22.8 Å². The second kappa shape index (κ2) is 5.43. The number of ketones is 1. The molecular weight excluding hydrogens is 285 g/mol. The fraction of sp³-hybridized carbons (Fsp3) is 0.143. The molecule has 0 aliphatic rings. The van der Waals surface area contributed by atoms with Gasteiger partial charge in [-0.1, -0.05) is 6.07 Å². The number of nitrogens with zero attached hydrogens (tertiary/aromatic N) is 1. The predicted molar refractivity (Wildman–Crippen MR) is 69.8 cm³/mol. The lowest BCUT2D eigenvalue weighted by molar-refractivity contribution is -0.137. The minimum Gasteiger partial charge on any atom is -0.348 e. The minimum atomic E-state index is -4.51. The maximum Gasteiger partial charge on any atom is 0.416 e. The Labute approximate surface area is 118 Å². The first-order valence-electron chi connectivity index (χ1n) is 5.93. The summed E-state index contributed by atoms with van der Waals surface area (Å²) in [7, 11) is 1.59. The van der Waals surface area contributed by atoms with Crippen molar-refractivity contribution in [3.8, 4) is 0 Å². The second-order valence-electron chi connectivity index (χ2n) is 4.37. The zero-order chi connectivity index (χ0) is 15.6. The number of hydrogen-bond acceptors (Lipinski definition) is 2. The van der Waals surface area contributed by atoms with Gasteiger partial charge in [0, 0.05) is 18.9 Å². The van der Waals surface area contributed by atoms with E-state index in [2.05, 4.69) is 5.32 Å². The number of benzene rings is 1. The third kappa shape index (κ3) is 3.31. The number of hydrogen-bond donors (Lipinski definition) is 1. The van der Waals surface area contributed by atoms with Crippen LogP contribution in [0.25, 0.3) is 0 Å². The summed E-state index contributed by atoms with van der Waals surface area (Å²) in [4.78, 5) is 23.6. The average molecular weight is 296 g/mol. The van der Waals surface area contributed by atoms with Gasteiger partial charge in [0.05, 0.1) is 11.3 Å². The van der Waals surface area contributed by atoms with Crippen LogP contribution in [0.4, 0.5) is 18.9 Å². The molecular formula is C14H11F3N2O2. The predicted octanol–water partition coefficient (Wildman–Crippen LogP) is 2.87. The van der Waals surface area contributed by atoms with E-state index < -0.39 is 23.4 Å². The van der Waals surface area contributed by atoms with Gasteiger partial charge in [0.2, 0.25) is 0 Å². The molecule has 0 radical (unpaired) electrons. The van der Waals surface area contributed by atoms with Gasteiger partial charge in [0.25, 0.3) is 11.7 Å². The lowest BCUT2D eigenvalue weighted by Crippen LogP contribution is -2.24. The van der Waals surface area contributed by atoms with Gasteiger partial charge in [0.15, 0.2) is 0 Å². The fourth-order valence-corrected chi connectivity index (χ4v) is 1.77. The topological polar surface area (TPSA) is 51.1 Å². The van der Waals surface area contributed by atoms with E-state index in [0.29, 0.717) is 0 Å². The highest BCUT2D eigenvalue weighted by molar-refractivity contribution is 6.46. The van der Waals surface area contributed by atoms with Gasteiger partial charge < -0.3 is 9.88 Å². The Morgan fingerprint density at radius 1 is 1.14 bits per heavy atom. The highest BCUT2D eigenvalue weighted by Gasteiger charge is 2.30. The molecule has 0 saturated heterocycles. The zero-order valence-corrected chi connectivity index (χ0v) is 10.9. The Bertz CT molecular complexity index is 690. The van der Waals surface area contributed by atoms with E-state index in [9.17, 15) is 22.8 Å². The Morgan fingerprint density at radius 2 is 1.86 bits per heavy atom. The quantitative estimate of drug-likeness (QED) is 0.699. The summed E-state index contributed by atoms with van der Waals surface area (Å²) in [6.07, 6.45) is -2.92. The van der Waals surface area contributed by atoms with Crippen LogP contribution >= 0.6 is 0 Å². The molecule has 7 heteroatoms. The van der Waals surface area contributed by atoms with Crippen LogP contribution in [0.15, 0.2) is 42.6 Å². The minimum absolute atomic E-state index is 0.0858. The number of carbonyl (C=O) groups excluding carboxylic acids is 2. The van der Waals surface area contributed by atoms with Crippen molar-refractivity contribution in [2.75, 3.05) is 5.32 Å². The standard InChI is InChI=1S/C14H11F3N2O2/c1-19-7-3-6-11(19)12(20)13(21)18-10-5-2-4-9(8-10)14(15,16)17/h2-8H,1H3,(H,18,21). The molecule has 0 spiro atoms. The lowest BCUT2D eigenvalue weighted by Gasteiger charge is -2.09. The largest absolute Gasteiger partial charge is 0.416 e. The van der Waals surface area contributed by atoms with E-state index in [0.717, 1.165) is 18.2 Å². The first-order chi connectivity index (χ1) is 9.79. The number of carbonyl (C=O) groups is 2. The Hall–Kier alpha value is -2.57. The summed E-state index contributed by atoms with van der Waals surface area (Å²) < 4.78 is 39.1. The van der Waals surface area contributed by atoms with Gasteiger partial charge >= 0.3 is 6.18 Å². The van der Waals surface area contributed by atoms with Crippen LogP contribution < -0.4 is 5.32 Å². The molecule has 2 aromatic rings. The van der Waals surface area contributed by atoms with Crippen molar-refractivity contribution in [3.05, 3.63) is 53.9 Å². The van der Waals surface area contributed by atoms with Crippen molar-refractivity contribution in [1.82, 2.24) is 4.57 Å². The number of halogens is 3. The molecule has 1 amide bonds. The third-order valence-corrected chi connectivity index (χ3v) is 2.83. The Morgan fingerprint density at radius 3 is 2.43 bits per heavy atom. The van der Waals surface area contributed by atoms with Gasteiger partial charge in [-0.05, 0) is 30.3 Å². The first kappa shape index (κ1) is 14.8. The monoisotopic (exact) mass is 296 g/mol. The number of rotatable bonds is 3. The molecule has 1 heterocycles. The maximum absolute atomic E-state index is 12.6. The van der Waals surface area contributed by atoms with Crippen LogP contribution in [0.5, 0.6) is 0 Å². The van der Waals surface area contributed by atoms with Crippen LogP contribution in [0, 0.1) is 0 Å². The molecule has 0 atom stereocenters. The molecule has 1 aromatic heterocycles. The lowest BCUT2D eigenvalue weighted by atomic mass is 10.2. The van der Waals surface area contributed by atoms with E-state index in [1.54, 1.807) is 19.3 Å². The normalized spacial score (nSPS) is 11.2. The van der Waals surface area contributed by atoms with Crippen molar-refractivity contribution in [1.29, 1.82) is 0 Å². The van der Waals surface area contributed by atoms with Crippen LogP contribution in [-0.4, -0.2) is 16.3 Å². The van der Waals surface area contributed by atoms with Crippen molar-refractivity contribution in [2.24, 2.45) is 7.05 Å². The molecule has 0 aliphatic heterocycles. The van der Waals surface area contributed by atoms with Crippen LogP contribution in [0.3, 0.4) is 0 Å². The molecule has 4 nitrogen and oxygen atoms in total.